The Balaban J connectivity index is 2.30. The molecule has 0 saturated heterocycles. The highest BCUT2D eigenvalue weighted by molar-refractivity contribution is 7.92. The van der Waals surface area contributed by atoms with Crippen molar-refractivity contribution in [2.45, 2.75) is 18.6 Å². The number of aromatic hydroxyl groups is 1. The molecule has 7 nitrogen and oxygen atoms in total. The van der Waals surface area contributed by atoms with Gasteiger partial charge in [0, 0.05) is 19.8 Å². The maximum atomic E-state index is 13.8. The summed E-state index contributed by atoms with van der Waals surface area (Å²) >= 11 is 0. The lowest BCUT2D eigenvalue weighted by molar-refractivity contribution is 0.0775. The van der Waals surface area contributed by atoms with Crippen molar-refractivity contribution in [1.82, 2.24) is 14.7 Å². The number of nitrogens with zero attached hydrogens (tertiary/aromatic N) is 3. The lowest BCUT2D eigenvalue weighted by atomic mass is 10.2. The molecule has 1 aromatic carbocycles. The van der Waals surface area contributed by atoms with E-state index in [1.54, 1.807) is 6.07 Å². The minimum Gasteiger partial charge on any atom is -0.504 e. The molecular weight excluding hydrogens is 349 g/mol. The minimum absolute atomic E-state index is 0.0796. The zero-order valence-electron chi connectivity index (χ0n) is 14.4. The average Bonchev–Trinajstić information content (AvgIpc) is 2.87. The maximum absolute atomic E-state index is 13.8. The van der Waals surface area contributed by atoms with Crippen molar-refractivity contribution in [2.75, 3.05) is 19.8 Å². The van der Waals surface area contributed by atoms with E-state index >= 15 is 0 Å². The first-order chi connectivity index (χ1) is 11.4. The van der Waals surface area contributed by atoms with Gasteiger partial charge < -0.3 is 10.0 Å². The van der Waals surface area contributed by atoms with Crippen molar-refractivity contribution >= 4 is 15.7 Å². The van der Waals surface area contributed by atoms with Crippen molar-refractivity contribution in [2.24, 2.45) is 0 Å². The Morgan fingerprint density at radius 2 is 1.96 bits per heavy atom. The lowest BCUT2D eigenvalue weighted by Crippen LogP contribution is -2.44. The molecule has 0 aliphatic rings. The molecule has 1 N–H and O–H groups in total. The molecule has 2 aromatic rings. The highest BCUT2D eigenvalue weighted by Crippen LogP contribution is 2.23. The fourth-order valence-electron chi connectivity index (χ4n) is 2.22. The van der Waals surface area contributed by atoms with Crippen LogP contribution in [0.5, 0.6) is 5.75 Å². The molecule has 0 radical (unpaired) electrons. The third-order valence-electron chi connectivity index (χ3n) is 3.97. The smallest absolute Gasteiger partial charge is 0.278 e. The van der Waals surface area contributed by atoms with Crippen molar-refractivity contribution in [3.63, 3.8) is 0 Å². The molecule has 136 valence electrons. The van der Waals surface area contributed by atoms with Crippen molar-refractivity contribution in [3.8, 4) is 11.4 Å². The van der Waals surface area contributed by atoms with Crippen LogP contribution in [-0.4, -0.2) is 58.7 Å². The van der Waals surface area contributed by atoms with Crippen LogP contribution < -0.4 is 0 Å². The topological polar surface area (TPSA) is 92.5 Å². The van der Waals surface area contributed by atoms with Gasteiger partial charge in [0.05, 0.1) is 10.9 Å². The third-order valence-corrected chi connectivity index (χ3v) is 6.10. The summed E-state index contributed by atoms with van der Waals surface area (Å²) in [6.07, 6.45) is 2.22. The van der Waals surface area contributed by atoms with Crippen molar-refractivity contribution in [1.29, 1.82) is 0 Å². The van der Waals surface area contributed by atoms with Crippen LogP contribution in [0.1, 0.15) is 24.3 Å². The van der Waals surface area contributed by atoms with Crippen LogP contribution in [0.2, 0.25) is 0 Å². The summed E-state index contributed by atoms with van der Waals surface area (Å²) in [5.41, 5.74) is -0.203. The van der Waals surface area contributed by atoms with Crippen LogP contribution >= 0.6 is 0 Å². The number of rotatable bonds is 5. The number of sulfone groups is 1. The van der Waals surface area contributed by atoms with Gasteiger partial charge in [0.15, 0.2) is 21.3 Å². The quantitative estimate of drug-likeness (QED) is 0.864. The molecular formula is C16H20FN3O4S. The zero-order chi connectivity index (χ0) is 19.0. The van der Waals surface area contributed by atoms with Crippen LogP contribution in [0.15, 0.2) is 30.5 Å². The molecule has 1 heterocycles. The summed E-state index contributed by atoms with van der Waals surface area (Å²) in [6.45, 7) is 2.92. The molecule has 2 rings (SSSR count). The van der Waals surface area contributed by atoms with Crippen LogP contribution in [0.3, 0.4) is 0 Å². The second-order valence-electron chi connectivity index (χ2n) is 6.45. The molecule has 0 aliphatic carbocycles. The molecule has 25 heavy (non-hydrogen) atoms. The molecule has 0 bridgehead atoms. The van der Waals surface area contributed by atoms with Gasteiger partial charge in [0.1, 0.15) is 11.5 Å². The van der Waals surface area contributed by atoms with E-state index in [1.165, 1.54) is 39.1 Å². The molecule has 1 aromatic heterocycles. The van der Waals surface area contributed by atoms with Gasteiger partial charge in [-0.1, -0.05) is 12.1 Å². The van der Waals surface area contributed by atoms with Gasteiger partial charge in [-0.2, -0.15) is 5.10 Å². The predicted octanol–water partition coefficient (Wildman–Crippen LogP) is 1.61. The summed E-state index contributed by atoms with van der Waals surface area (Å²) in [5.74, 6) is -1.64. The van der Waals surface area contributed by atoms with E-state index in [9.17, 15) is 22.7 Å². The Bertz CT molecular complexity index is 906. The standard InChI is InChI=1S/C16H20FN3O4S/c1-16(2,25(4,23)24)10-19(3)15(22)14-13(21)9-20(18-14)12-8-6-5-7-11(12)17/h5-9,21H,10H2,1-4H3. The minimum atomic E-state index is -3.40. The summed E-state index contributed by atoms with van der Waals surface area (Å²) in [4.78, 5) is 13.7. The number of aromatic nitrogens is 2. The predicted molar refractivity (Wildman–Crippen MR) is 91.1 cm³/mol. The SMILES string of the molecule is CN(CC(C)(C)S(C)(=O)=O)C(=O)c1nn(-c2ccccc2F)cc1O. The second-order valence-corrected chi connectivity index (χ2v) is 9.10. The van der Waals surface area contributed by atoms with E-state index < -0.39 is 32.1 Å². The Hall–Kier alpha value is -2.42. The van der Waals surface area contributed by atoms with Gasteiger partial charge in [-0.3, -0.25) is 4.79 Å². The van der Waals surface area contributed by atoms with Gasteiger partial charge in [-0.25, -0.2) is 17.5 Å². The fourth-order valence-corrected chi connectivity index (χ4v) is 2.65. The van der Waals surface area contributed by atoms with E-state index in [2.05, 4.69) is 5.10 Å². The van der Waals surface area contributed by atoms with E-state index in [4.69, 9.17) is 0 Å². The number of carbonyl (C=O) groups is 1. The van der Waals surface area contributed by atoms with E-state index in [-0.39, 0.29) is 17.9 Å². The molecule has 1 amide bonds. The molecule has 0 saturated carbocycles. The van der Waals surface area contributed by atoms with Crippen molar-refractivity contribution < 1.29 is 22.7 Å². The summed E-state index contributed by atoms with van der Waals surface area (Å²) in [5, 5.41) is 13.9. The van der Waals surface area contributed by atoms with Crippen LogP contribution in [0, 0.1) is 5.82 Å². The number of hydrogen-bond acceptors (Lipinski definition) is 5. The molecule has 0 aliphatic heterocycles. The van der Waals surface area contributed by atoms with Crippen molar-refractivity contribution in [3.05, 3.63) is 42.0 Å². The normalized spacial score (nSPS) is 12.2. The Morgan fingerprint density at radius 1 is 1.36 bits per heavy atom. The van der Waals surface area contributed by atoms with E-state index in [0.717, 1.165) is 22.0 Å². The van der Waals surface area contributed by atoms with Gasteiger partial charge in [0.2, 0.25) is 0 Å². The number of carbonyl (C=O) groups excluding carboxylic acids is 1. The van der Waals surface area contributed by atoms with E-state index in [0.29, 0.717) is 0 Å². The fraction of sp³-hybridized carbons (Fsp3) is 0.375. The summed E-state index contributed by atoms with van der Waals surface area (Å²) < 4.78 is 37.3. The monoisotopic (exact) mass is 369 g/mol. The van der Waals surface area contributed by atoms with Gasteiger partial charge in [-0.05, 0) is 26.0 Å². The molecule has 0 unspecified atom stereocenters. The van der Waals surface area contributed by atoms with Crippen LogP contribution in [0.25, 0.3) is 5.69 Å². The lowest BCUT2D eigenvalue weighted by Gasteiger charge is -2.28. The van der Waals surface area contributed by atoms with E-state index in [1.807, 2.05) is 0 Å². The Labute approximate surface area is 145 Å². The highest BCUT2D eigenvalue weighted by Gasteiger charge is 2.34. The van der Waals surface area contributed by atoms with Gasteiger partial charge >= 0.3 is 0 Å². The largest absolute Gasteiger partial charge is 0.504 e. The molecule has 0 fully saturated rings. The third kappa shape index (κ3) is 3.81. The molecule has 0 atom stereocenters. The Morgan fingerprint density at radius 3 is 2.52 bits per heavy atom. The highest BCUT2D eigenvalue weighted by atomic mass is 32.2. The summed E-state index contributed by atoms with van der Waals surface area (Å²) in [6, 6.07) is 5.79. The molecule has 9 heteroatoms. The van der Waals surface area contributed by atoms with Crippen LogP contribution in [0.4, 0.5) is 4.39 Å². The maximum Gasteiger partial charge on any atom is 0.278 e. The first-order valence-corrected chi connectivity index (χ1v) is 9.32. The number of para-hydroxylation sites is 1. The first kappa shape index (κ1) is 18.9. The second kappa shape index (κ2) is 6.47. The van der Waals surface area contributed by atoms with Gasteiger partial charge in [-0.15, -0.1) is 0 Å². The summed E-state index contributed by atoms with van der Waals surface area (Å²) in [7, 11) is -1.98. The van der Waals surface area contributed by atoms with Gasteiger partial charge in [0.25, 0.3) is 5.91 Å². The zero-order valence-corrected chi connectivity index (χ0v) is 15.2. The number of hydrogen-bond donors (Lipinski definition) is 1. The first-order valence-electron chi connectivity index (χ1n) is 7.42. The number of amides is 1. The molecule has 0 spiro atoms. The number of halogens is 1. The number of benzene rings is 1. The average molecular weight is 369 g/mol. The van der Waals surface area contributed by atoms with Crippen LogP contribution in [-0.2, 0) is 9.84 Å². The Kier molecular flexibility index (Phi) is 4.90.